The van der Waals surface area contributed by atoms with Gasteiger partial charge >= 0.3 is 0 Å². The topological polar surface area (TPSA) is 59.4 Å². The summed E-state index contributed by atoms with van der Waals surface area (Å²) in [4.78, 5) is 18.8. The summed E-state index contributed by atoms with van der Waals surface area (Å²) in [6, 6.07) is 6.18. The molecule has 1 aromatic heterocycles. The van der Waals surface area contributed by atoms with Gasteiger partial charge in [-0.1, -0.05) is 0 Å². The third-order valence-corrected chi connectivity index (χ3v) is 4.20. The highest BCUT2D eigenvalue weighted by molar-refractivity contribution is 5.93. The molecular formula is C17H21FN4O2. The maximum Gasteiger partial charge on any atom is 0.269 e. The van der Waals surface area contributed by atoms with E-state index in [1.807, 2.05) is 0 Å². The Morgan fingerprint density at radius 1 is 1.33 bits per heavy atom. The quantitative estimate of drug-likeness (QED) is 0.901. The fourth-order valence-corrected chi connectivity index (χ4v) is 2.75. The van der Waals surface area contributed by atoms with Gasteiger partial charge in [0.1, 0.15) is 11.5 Å². The lowest BCUT2D eigenvalue weighted by molar-refractivity contribution is 0.0204. The van der Waals surface area contributed by atoms with E-state index in [1.54, 1.807) is 23.0 Å². The van der Waals surface area contributed by atoms with Crippen LogP contribution < -0.4 is 5.32 Å². The van der Waals surface area contributed by atoms with Crippen LogP contribution in [-0.4, -0.2) is 59.2 Å². The predicted molar refractivity (Wildman–Crippen MR) is 87.7 cm³/mol. The molecule has 7 heteroatoms. The highest BCUT2D eigenvalue weighted by Gasteiger charge is 2.19. The Morgan fingerprint density at radius 2 is 2.04 bits per heavy atom. The maximum atomic E-state index is 13.1. The molecule has 0 spiro atoms. The molecule has 1 N–H and O–H groups in total. The average molecular weight is 332 g/mol. The van der Waals surface area contributed by atoms with Crippen LogP contribution in [0.2, 0.25) is 0 Å². The lowest BCUT2D eigenvalue weighted by Gasteiger charge is -2.32. The molecule has 6 nitrogen and oxygen atoms in total. The van der Waals surface area contributed by atoms with Gasteiger partial charge in [-0.3, -0.25) is 14.3 Å². The van der Waals surface area contributed by atoms with E-state index in [4.69, 9.17) is 4.74 Å². The first-order valence-corrected chi connectivity index (χ1v) is 8.03. The molecule has 0 saturated carbocycles. The number of rotatable bonds is 5. The van der Waals surface area contributed by atoms with Gasteiger partial charge < -0.3 is 10.1 Å². The maximum absolute atomic E-state index is 13.1. The minimum atomic E-state index is -0.316. The number of ether oxygens (including phenoxy) is 1. The zero-order chi connectivity index (χ0) is 16.9. The number of aromatic nitrogens is 2. The van der Waals surface area contributed by atoms with Crippen molar-refractivity contribution in [2.45, 2.75) is 13.0 Å². The van der Waals surface area contributed by atoms with Crippen molar-refractivity contribution in [2.24, 2.45) is 0 Å². The smallest absolute Gasteiger partial charge is 0.269 e. The van der Waals surface area contributed by atoms with E-state index < -0.39 is 0 Å². The molecule has 0 aliphatic carbocycles. The van der Waals surface area contributed by atoms with Gasteiger partial charge in [0.25, 0.3) is 5.91 Å². The first-order valence-electron chi connectivity index (χ1n) is 8.03. The molecule has 1 aromatic carbocycles. The van der Waals surface area contributed by atoms with Gasteiger partial charge in [-0.25, -0.2) is 9.37 Å². The molecule has 1 saturated heterocycles. The summed E-state index contributed by atoms with van der Waals surface area (Å²) >= 11 is 0. The summed E-state index contributed by atoms with van der Waals surface area (Å²) in [5, 5.41) is 2.95. The SMILES string of the molecule is CC(CNC(=O)c1cncn1-c1ccc(F)cc1)N1CCOCC1. The summed E-state index contributed by atoms with van der Waals surface area (Å²) in [5.74, 6) is -0.513. The van der Waals surface area contributed by atoms with Gasteiger partial charge in [0, 0.05) is 31.4 Å². The molecular weight excluding hydrogens is 311 g/mol. The number of hydrogen-bond acceptors (Lipinski definition) is 4. The van der Waals surface area contributed by atoms with Crippen molar-refractivity contribution in [2.75, 3.05) is 32.8 Å². The van der Waals surface area contributed by atoms with E-state index in [9.17, 15) is 9.18 Å². The lowest BCUT2D eigenvalue weighted by atomic mass is 10.2. The molecule has 0 radical (unpaired) electrons. The summed E-state index contributed by atoms with van der Waals surface area (Å²) in [7, 11) is 0. The number of carbonyl (C=O) groups is 1. The third-order valence-electron chi connectivity index (χ3n) is 4.20. The van der Waals surface area contributed by atoms with Gasteiger partial charge in [0.2, 0.25) is 0 Å². The van der Waals surface area contributed by atoms with Crippen molar-refractivity contribution in [3.63, 3.8) is 0 Å². The van der Waals surface area contributed by atoms with E-state index in [1.165, 1.54) is 18.3 Å². The third kappa shape index (κ3) is 3.80. The van der Waals surface area contributed by atoms with Crippen molar-refractivity contribution in [3.05, 3.63) is 48.3 Å². The molecule has 2 heterocycles. The second kappa shape index (κ2) is 7.55. The highest BCUT2D eigenvalue weighted by atomic mass is 19.1. The first-order chi connectivity index (χ1) is 11.6. The van der Waals surface area contributed by atoms with Crippen LogP contribution in [0.5, 0.6) is 0 Å². The highest BCUT2D eigenvalue weighted by Crippen LogP contribution is 2.12. The number of morpholine rings is 1. The number of amides is 1. The van der Waals surface area contributed by atoms with Crippen molar-refractivity contribution < 1.29 is 13.9 Å². The zero-order valence-corrected chi connectivity index (χ0v) is 13.6. The Kier molecular flexibility index (Phi) is 5.22. The Labute approximate surface area is 140 Å². The van der Waals surface area contributed by atoms with Crippen LogP contribution in [0.1, 0.15) is 17.4 Å². The van der Waals surface area contributed by atoms with Crippen molar-refractivity contribution in [1.82, 2.24) is 19.8 Å². The fourth-order valence-electron chi connectivity index (χ4n) is 2.75. The van der Waals surface area contributed by atoms with Crippen LogP contribution in [0, 0.1) is 5.82 Å². The summed E-state index contributed by atoms with van der Waals surface area (Å²) in [5.41, 5.74) is 1.12. The Bertz CT molecular complexity index is 680. The largest absolute Gasteiger partial charge is 0.379 e. The minimum absolute atomic E-state index is 0.197. The number of hydrogen-bond donors (Lipinski definition) is 1. The molecule has 24 heavy (non-hydrogen) atoms. The Balaban J connectivity index is 1.63. The Hall–Kier alpha value is -2.25. The van der Waals surface area contributed by atoms with Gasteiger partial charge in [-0.15, -0.1) is 0 Å². The predicted octanol–water partition coefficient (Wildman–Crippen LogP) is 1.46. The molecule has 1 unspecified atom stereocenters. The molecule has 3 rings (SSSR count). The van der Waals surface area contributed by atoms with E-state index in [0.29, 0.717) is 17.9 Å². The van der Waals surface area contributed by atoms with Gasteiger partial charge in [-0.2, -0.15) is 0 Å². The molecule has 128 valence electrons. The van der Waals surface area contributed by atoms with E-state index in [2.05, 4.69) is 22.1 Å². The molecule has 0 bridgehead atoms. The number of benzene rings is 1. The van der Waals surface area contributed by atoms with Crippen LogP contribution in [0.15, 0.2) is 36.8 Å². The number of halogens is 1. The van der Waals surface area contributed by atoms with Gasteiger partial charge in [0.05, 0.1) is 25.7 Å². The number of nitrogens with one attached hydrogen (secondary N) is 1. The van der Waals surface area contributed by atoms with E-state index in [0.717, 1.165) is 26.3 Å². The average Bonchev–Trinajstić information content (AvgIpc) is 3.10. The number of carbonyl (C=O) groups excluding carboxylic acids is 1. The van der Waals surface area contributed by atoms with Crippen molar-refractivity contribution in [3.8, 4) is 5.69 Å². The molecule has 2 aromatic rings. The van der Waals surface area contributed by atoms with Gasteiger partial charge in [0.15, 0.2) is 0 Å². The van der Waals surface area contributed by atoms with E-state index in [-0.39, 0.29) is 17.8 Å². The minimum Gasteiger partial charge on any atom is -0.379 e. The van der Waals surface area contributed by atoms with Crippen LogP contribution >= 0.6 is 0 Å². The number of nitrogens with zero attached hydrogens (tertiary/aromatic N) is 3. The normalized spacial score (nSPS) is 16.8. The molecule has 1 aliphatic rings. The van der Waals surface area contributed by atoms with E-state index >= 15 is 0 Å². The fraction of sp³-hybridized carbons (Fsp3) is 0.412. The van der Waals surface area contributed by atoms with Crippen molar-refractivity contribution in [1.29, 1.82) is 0 Å². The molecule has 1 amide bonds. The van der Waals surface area contributed by atoms with Gasteiger partial charge in [-0.05, 0) is 31.2 Å². The van der Waals surface area contributed by atoms with Crippen molar-refractivity contribution >= 4 is 5.91 Å². The zero-order valence-electron chi connectivity index (χ0n) is 13.6. The first kappa shape index (κ1) is 16.6. The second-order valence-electron chi connectivity index (χ2n) is 5.83. The van der Waals surface area contributed by atoms with Crippen LogP contribution in [0.4, 0.5) is 4.39 Å². The second-order valence-corrected chi connectivity index (χ2v) is 5.83. The Morgan fingerprint density at radius 3 is 2.75 bits per heavy atom. The molecule has 1 aliphatic heterocycles. The van der Waals surface area contributed by atoms with Crippen LogP contribution in [0.3, 0.4) is 0 Å². The summed E-state index contributed by atoms with van der Waals surface area (Å²) in [6.45, 7) is 5.86. The monoisotopic (exact) mass is 332 g/mol. The standard InChI is InChI=1S/C17H21FN4O2/c1-13(21-6-8-24-9-7-21)10-20-17(23)16-11-19-12-22(16)15-4-2-14(18)3-5-15/h2-5,11-13H,6-10H2,1H3,(H,20,23). The van der Waals surface area contributed by atoms with Crippen LogP contribution in [-0.2, 0) is 4.74 Å². The summed E-state index contributed by atoms with van der Waals surface area (Å²) in [6.07, 6.45) is 3.06. The van der Waals surface area contributed by atoms with Crippen LogP contribution in [0.25, 0.3) is 5.69 Å². The molecule has 1 atom stereocenters. The lowest BCUT2D eigenvalue weighted by Crippen LogP contribution is -2.47. The number of imidazole rings is 1. The molecule has 1 fully saturated rings. The summed E-state index contributed by atoms with van der Waals surface area (Å²) < 4.78 is 20.0.